The van der Waals surface area contributed by atoms with Crippen LogP contribution < -0.4 is 0 Å². The highest BCUT2D eigenvalue weighted by molar-refractivity contribution is 5.88. The molecule has 10 nitrogen and oxygen atoms in total. The summed E-state index contributed by atoms with van der Waals surface area (Å²) in [6.45, 7) is 23.4. The normalized spacial score (nSPS) is 36.4. The van der Waals surface area contributed by atoms with E-state index < -0.39 is 11.3 Å². The summed E-state index contributed by atoms with van der Waals surface area (Å²) in [5.74, 6) is 5.54. The zero-order chi connectivity index (χ0) is 41.8. The van der Waals surface area contributed by atoms with Gasteiger partial charge >= 0.3 is 12.1 Å². The molecular weight excluding hydrogens is 729 g/mol. The van der Waals surface area contributed by atoms with Gasteiger partial charge in [-0.3, -0.25) is 19.6 Å². The third-order valence-electron chi connectivity index (χ3n) is 16.6. The number of nitrogens with zero attached hydrogens (tertiary/aromatic N) is 4. The van der Waals surface area contributed by atoms with Gasteiger partial charge < -0.3 is 18.9 Å². The molecular formula is C48H86N4O6. The van der Waals surface area contributed by atoms with Gasteiger partial charge in [-0.05, 0) is 163 Å². The average Bonchev–Trinajstić information content (AvgIpc) is 3.49. The fourth-order valence-electron chi connectivity index (χ4n) is 12.2. The van der Waals surface area contributed by atoms with Gasteiger partial charge in [-0.1, -0.05) is 68.7 Å². The Balaban J connectivity index is 1.30. The van der Waals surface area contributed by atoms with E-state index in [0.29, 0.717) is 30.1 Å². The minimum Gasteiger partial charge on any atom is -0.358 e. The maximum atomic E-state index is 15.3. The fourth-order valence-corrected chi connectivity index (χ4v) is 12.2. The Morgan fingerprint density at radius 3 is 0.914 bits per heavy atom. The molecule has 6 aliphatic rings. The van der Waals surface area contributed by atoms with Crippen molar-refractivity contribution in [1.82, 2.24) is 19.6 Å². The van der Waals surface area contributed by atoms with E-state index in [4.69, 9.17) is 18.9 Å². The van der Waals surface area contributed by atoms with Gasteiger partial charge in [-0.25, -0.2) is 9.59 Å². The summed E-state index contributed by atoms with van der Waals surface area (Å²) in [7, 11) is 0. The predicted octanol–water partition coefficient (Wildman–Crippen LogP) is 11.4. The van der Waals surface area contributed by atoms with Crippen LogP contribution in [0.25, 0.3) is 0 Å². The second-order valence-electron chi connectivity index (χ2n) is 21.2. The van der Waals surface area contributed by atoms with Crippen LogP contribution in [0.15, 0.2) is 0 Å². The van der Waals surface area contributed by atoms with Gasteiger partial charge in [0.15, 0.2) is 11.3 Å². The number of carbonyl (C=O) groups excluding carboxylic acids is 2. The van der Waals surface area contributed by atoms with Crippen LogP contribution in [-0.2, 0) is 18.9 Å². The summed E-state index contributed by atoms with van der Waals surface area (Å²) >= 11 is 0. The first kappa shape index (κ1) is 45.9. The molecule has 4 amide bonds. The quantitative estimate of drug-likeness (QED) is 0.137. The first-order valence-corrected chi connectivity index (χ1v) is 24.4. The SMILES string of the molecule is CCCC12N(COC3CCC(C(C)C)CC3)C(=O)N(COC3CCC(C(C)C)CC3)C1(C)N(COC1CCC(C(C)C)CC1)C(=O)N2COC1CCC(C(C)C)CC1. The largest absolute Gasteiger partial charge is 0.358 e. The Morgan fingerprint density at radius 2 is 0.690 bits per heavy atom. The van der Waals surface area contributed by atoms with Crippen molar-refractivity contribution in [3.8, 4) is 0 Å². The second kappa shape index (κ2) is 20.0. The highest BCUT2D eigenvalue weighted by atomic mass is 16.5. The molecule has 0 aromatic heterocycles. The summed E-state index contributed by atoms with van der Waals surface area (Å²) in [6, 6.07) is -0.250. The molecule has 6 rings (SSSR count). The molecule has 0 radical (unpaired) electrons. The zero-order valence-electron chi connectivity index (χ0n) is 38.7. The van der Waals surface area contributed by atoms with Crippen molar-refractivity contribution in [3.05, 3.63) is 0 Å². The Morgan fingerprint density at radius 1 is 0.448 bits per heavy atom. The molecule has 0 bridgehead atoms. The number of ether oxygens (including phenoxy) is 4. The summed E-state index contributed by atoms with van der Waals surface area (Å²) in [5, 5.41) is 0. The number of urea groups is 2. The summed E-state index contributed by atoms with van der Waals surface area (Å²) < 4.78 is 27.2. The van der Waals surface area contributed by atoms with Crippen molar-refractivity contribution >= 4 is 12.1 Å². The number of carbonyl (C=O) groups is 2. The number of amides is 4. The van der Waals surface area contributed by atoms with Crippen molar-refractivity contribution in [2.24, 2.45) is 47.3 Å². The van der Waals surface area contributed by atoms with E-state index in [2.05, 4.69) is 69.2 Å². The highest BCUT2D eigenvalue weighted by Gasteiger charge is 2.76. The molecule has 0 atom stereocenters. The van der Waals surface area contributed by atoms with E-state index in [1.165, 1.54) is 0 Å². The van der Waals surface area contributed by atoms with E-state index in [1.54, 1.807) is 0 Å². The molecule has 0 spiro atoms. The van der Waals surface area contributed by atoms with Gasteiger partial charge in [-0.2, -0.15) is 0 Å². The lowest BCUT2D eigenvalue weighted by atomic mass is 9.80. The maximum absolute atomic E-state index is 15.3. The van der Waals surface area contributed by atoms with Gasteiger partial charge in [0.2, 0.25) is 0 Å². The Hall–Kier alpha value is -1.62. The molecule has 2 aliphatic heterocycles. The predicted molar refractivity (Wildman–Crippen MR) is 230 cm³/mol. The van der Waals surface area contributed by atoms with Gasteiger partial charge in [0.1, 0.15) is 26.9 Å². The molecule has 6 fully saturated rings. The molecule has 0 unspecified atom stereocenters. The van der Waals surface area contributed by atoms with Gasteiger partial charge in [0.25, 0.3) is 0 Å². The van der Waals surface area contributed by atoms with E-state index in [1.807, 2.05) is 19.6 Å². The van der Waals surface area contributed by atoms with Crippen molar-refractivity contribution in [2.75, 3.05) is 26.9 Å². The summed E-state index contributed by atoms with van der Waals surface area (Å²) in [4.78, 5) is 38.2. The molecule has 4 saturated carbocycles. The molecule has 2 heterocycles. The van der Waals surface area contributed by atoms with Crippen LogP contribution in [0.2, 0.25) is 0 Å². The van der Waals surface area contributed by atoms with Gasteiger partial charge in [-0.15, -0.1) is 0 Å². The summed E-state index contributed by atoms with van der Waals surface area (Å²) in [6.07, 6.45) is 18.9. The van der Waals surface area contributed by atoms with Crippen LogP contribution in [0.1, 0.15) is 185 Å². The third-order valence-corrected chi connectivity index (χ3v) is 16.6. The monoisotopic (exact) mass is 815 g/mol. The molecule has 0 aromatic rings. The topological polar surface area (TPSA) is 84.0 Å². The van der Waals surface area contributed by atoms with Crippen LogP contribution in [0.3, 0.4) is 0 Å². The highest BCUT2D eigenvalue weighted by Crippen LogP contribution is 2.54. The smallest absolute Gasteiger partial charge is 0.327 e. The van der Waals surface area contributed by atoms with Crippen molar-refractivity contribution in [2.45, 2.75) is 221 Å². The minimum atomic E-state index is -1.07. The fraction of sp³-hybridized carbons (Fsp3) is 0.958. The number of rotatable bonds is 18. The zero-order valence-corrected chi connectivity index (χ0v) is 38.7. The molecule has 58 heavy (non-hydrogen) atoms. The van der Waals surface area contributed by atoms with Crippen LogP contribution in [-0.4, -0.2) is 94.3 Å². The molecule has 0 N–H and O–H groups in total. The van der Waals surface area contributed by atoms with Crippen molar-refractivity contribution < 1.29 is 28.5 Å². The van der Waals surface area contributed by atoms with E-state index in [0.717, 1.165) is 133 Å². The third kappa shape index (κ3) is 9.55. The van der Waals surface area contributed by atoms with E-state index >= 15 is 9.59 Å². The van der Waals surface area contributed by atoms with Crippen LogP contribution >= 0.6 is 0 Å². The van der Waals surface area contributed by atoms with Gasteiger partial charge in [0, 0.05) is 0 Å². The Labute approximate surface area is 354 Å². The van der Waals surface area contributed by atoms with E-state index in [-0.39, 0.29) is 63.4 Å². The minimum absolute atomic E-state index is 0.0896. The standard InChI is InChI=1S/C48H86N4O6/c1-11-28-48-47(10,49(29-55-41-20-12-37(13-21-41)33(2)3)45(53)51(48)31-57-43-24-16-39(17-25-43)35(6)7)50(30-56-42-22-14-38(15-23-42)34(4)5)46(54)52(48)32-58-44-26-18-40(19-27-44)36(8)9/h33-44H,11-32H2,1-10H3. The molecule has 10 heteroatoms. The first-order chi connectivity index (χ1) is 27.7. The van der Waals surface area contributed by atoms with E-state index in [9.17, 15) is 0 Å². The first-order valence-electron chi connectivity index (χ1n) is 24.4. The molecule has 4 aliphatic carbocycles. The van der Waals surface area contributed by atoms with Crippen LogP contribution in [0, 0.1) is 47.3 Å². The number of fused-ring (bicyclic) bond motifs is 1. The van der Waals surface area contributed by atoms with Gasteiger partial charge in [0.05, 0.1) is 24.4 Å². The molecule has 334 valence electrons. The molecule has 2 saturated heterocycles. The van der Waals surface area contributed by atoms with Crippen LogP contribution in [0.4, 0.5) is 9.59 Å². The Bertz CT molecular complexity index is 1200. The number of hydrogen-bond donors (Lipinski definition) is 0. The Kier molecular flexibility index (Phi) is 15.9. The van der Waals surface area contributed by atoms with Crippen molar-refractivity contribution in [3.63, 3.8) is 0 Å². The average molecular weight is 815 g/mol. The lowest BCUT2D eigenvalue weighted by molar-refractivity contribution is -0.160. The second-order valence-corrected chi connectivity index (χ2v) is 21.2. The molecule has 0 aromatic carbocycles. The summed E-state index contributed by atoms with van der Waals surface area (Å²) in [5.41, 5.74) is -2.10. The number of hydrogen-bond acceptors (Lipinski definition) is 6. The lowest BCUT2D eigenvalue weighted by Crippen LogP contribution is -2.67. The van der Waals surface area contributed by atoms with Crippen molar-refractivity contribution in [1.29, 1.82) is 0 Å². The lowest BCUT2D eigenvalue weighted by Gasteiger charge is -2.48. The maximum Gasteiger partial charge on any atom is 0.327 e. The van der Waals surface area contributed by atoms with Crippen LogP contribution in [0.5, 0.6) is 0 Å².